The van der Waals surface area contributed by atoms with E-state index in [1.165, 1.54) is 11.1 Å². The summed E-state index contributed by atoms with van der Waals surface area (Å²) in [5, 5.41) is 3.38. The van der Waals surface area contributed by atoms with Gasteiger partial charge in [-0.25, -0.2) is 0 Å². The average Bonchev–Trinajstić information content (AvgIpc) is 2.52. The summed E-state index contributed by atoms with van der Waals surface area (Å²) >= 11 is 0. The number of anilines is 1. The van der Waals surface area contributed by atoms with Crippen LogP contribution in [-0.4, -0.2) is 14.2 Å². The molecule has 0 fully saturated rings. The molecule has 0 bridgehead atoms. The maximum Gasteiger partial charge on any atom is 0.162 e. The molecule has 0 aliphatic carbocycles. The lowest BCUT2D eigenvalue weighted by Gasteiger charge is -2.11. The maximum absolute atomic E-state index is 5.30. The Morgan fingerprint density at radius 2 is 1.67 bits per heavy atom. The number of methoxy groups -OCH3 is 2. The highest BCUT2D eigenvalue weighted by Crippen LogP contribution is 2.29. The third-order valence-corrected chi connectivity index (χ3v) is 3.33. The molecule has 110 valence electrons. The van der Waals surface area contributed by atoms with Crippen molar-refractivity contribution in [1.29, 1.82) is 0 Å². The van der Waals surface area contributed by atoms with Gasteiger partial charge in [0.1, 0.15) is 0 Å². The van der Waals surface area contributed by atoms with Gasteiger partial charge >= 0.3 is 0 Å². The average molecular weight is 283 g/mol. The number of benzene rings is 2. The Morgan fingerprint density at radius 1 is 1.00 bits per heavy atom. The van der Waals surface area contributed by atoms with Gasteiger partial charge in [0.2, 0.25) is 0 Å². The first-order chi connectivity index (χ1) is 10.1. The fraction of sp³-hybridized carbons (Fsp3) is 0.222. The fourth-order valence-corrected chi connectivity index (χ4v) is 2.06. The van der Waals surface area contributed by atoms with E-state index in [4.69, 9.17) is 9.47 Å². The second kappa shape index (κ2) is 6.84. The Bertz CT molecular complexity index is 618. The van der Waals surface area contributed by atoms with Gasteiger partial charge in [-0.3, -0.25) is 0 Å². The number of allylic oxidation sites excluding steroid dienone is 1. The van der Waals surface area contributed by atoms with Gasteiger partial charge in [0.25, 0.3) is 0 Å². The van der Waals surface area contributed by atoms with Crippen LogP contribution in [0.3, 0.4) is 0 Å². The molecule has 0 aromatic heterocycles. The van der Waals surface area contributed by atoms with Crippen LogP contribution >= 0.6 is 0 Å². The second-order valence-electron chi connectivity index (χ2n) is 4.90. The molecule has 0 amide bonds. The molecular weight excluding hydrogens is 262 g/mol. The predicted molar refractivity (Wildman–Crippen MR) is 88.0 cm³/mol. The zero-order valence-electron chi connectivity index (χ0n) is 12.8. The Labute approximate surface area is 126 Å². The van der Waals surface area contributed by atoms with Crippen molar-refractivity contribution >= 4 is 11.3 Å². The molecule has 0 aliphatic rings. The first-order valence-corrected chi connectivity index (χ1v) is 6.84. The van der Waals surface area contributed by atoms with E-state index in [2.05, 4.69) is 36.2 Å². The zero-order valence-corrected chi connectivity index (χ0v) is 12.8. The number of hydrogen-bond acceptors (Lipinski definition) is 3. The SMILES string of the molecule is C=C(C)c1ccc(CNc2ccc(OC)c(OC)c2)cc1. The molecular formula is C18H21NO2. The molecule has 3 nitrogen and oxygen atoms in total. The molecule has 0 aliphatic heterocycles. The third kappa shape index (κ3) is 3.78. The van der Waals surface area contributed by atoms with Crippen molar-refractivity contribution in [3.63, 3.8) is 0 Å². The van der Waals surface area contributed by atoms with Crippen molar-refractivity contribution in [3.05, 3.63) is 60.2 Å². The molecule has 21 heavy (non-hydrogen) atoms. The summed E-state index contributed by atoms with van der Waals surface area (Å²) in [6.07, 6.45) is 0. The topological polar surface area (TPSA) is 30.5 Å². The van der Waals surface area contributed by atoms with Gasteiger partial charge in [0.15, 0.2) is 11.5 Å². The Balaban J connectivity index is 2.04. The number of ether oxygens (including phenoxy) is 2. The summed E-state index contributed by atoms with van der Waals surface area (Å²) in [4.78, 5) is 0. The van der Waals surface area contributed by atoms with Crippen LogP contribution in [0.15, 0.2) is 49.0 Å². The number of rotatable bonds is 6. The third-order valence-electron chi connectivity index (χ3n) is 3.33. The monoisotopic (exact) mass is 283 g/mol. The molecule has 0 heterocycles. The van der Waals surface area contributed by atoms with E-state index in [1.807, 2.05) is 25.1 Å². The lowest BCUT2D eigenvalue weighted by atomic mass is 10.1. The van der Waals surface area contributed by atoms with Crippen LogP contribution in [0.1, 0.15) is 18.1 Å². The van der Waals surface area contributed by atoms with Crippen LogP contribution in [0, 0.1) is 0 Å². The van der Waals surface area contributed by atoms with Crippen LogP contribution in [0.4, 0.5) is 5.69 Å². The van der Waals surface area contributed by atoms with Crippen molar-refractivity contribution < 1.29 is 9.47 Å². The smallest absolute Gasteiger partial charge is 0.162 e. The normalized spacial score (nSPS) is 10.0. The van der Waals surface area contributed by atoms with Crippen LogP contribution in [0.5, 0.6) is 11.5 Å². The molecule has 0 atom stereocenters. The van der Waals surface area contributed by atoms with Crippen molar-refractivity contribution in [1.82, 2.24) is 0 Å². The van der Waals surface area contributed by atoms with Gasteiger partial charge in [-0.05, 0) is 30.2 Å². The molecule has 0 radical (unpaired) electrons. The van der Waals surface area contributed by atoms with Gasteiger partial charge < -0.3 is 14.8 Å². The van der Waals surface area contributed by atoms with E-state index >= 15 is 0 Å². The molecule has 0 saturated carbocycles. The quantitative estimate of drug-likeness (QED) is 0.855. The largest absolute Gasteiger partial charge is 0.493 e. The molecule has 1 N–H and O–H groups in total. The summed E-state index contributed by atoms with van der Waals surface area (Å²) in [6.45, 7) is 6.71. The Hall–Kier alpha value is -2.42. The number of hydrogen-bond donors (Lipinski definition) is 1. The van der Waals surface area contributed by atoms with Crippen molar-refractivity contribution in [2.24, 2.45) is 0 Å². The minimum absolute atomic E-state index is 0.722. The van der Waals surface area contributed by atoms with Crippen LogP contribution in [0.2, 0.25) is 0 Å². The predicted octanol–water partition coefficient (Wildman–Crippen LogP) is 4.35. The number of nitrogens with one attached hydrogen (secondary N) is 1. The summed E-state index contributed by atoms with van der Waals surface area (Å²) in [6, 6.07) is 14.2. The summed E-state index contributed by atoms with van der Waals surface area (Å²) in [7, 11) is 3.27. The minimum atomic E-state index is 0.722. The summed E-state index contributed by atoms with van der Waals surface area (Å²) in [5.74, 6) is 1.45. The van der Waals surface area contributed by atoms with E-state index < -0.39 is 0 Å². The van der Waals surface area contributed by atoms with Gasteiger partial charge in [0.05, 0.1) is 14.2 Å². The molecule has 3 heteroatoms. The second-order valence-corrected chi connectivity index (χ2v) is 4.90. The lowest BCUT2D eigenvalue weighted by molar-refractivity contribution is 0.355. The highest BCUT2D eigenvalue weighted by atomic mass is 16.5. The summed E-state index contributed by atoms with van der Waals surface area (Å²) in [5.41, 5.74) is 4.46. The fourth-order valence-electron chi connectivity index (χ4n) is 2.06. The maximum atomic E-state index is 5.30. The standard InChI is InChI=1S/C18H21NO2/c1-13(2)15-7-5-14(6-8-15)12-19-16-9-10-17(20-3)18(11-16)21-4/h5-11,19H,1,12H2,2-4H3. The van der Waals surface area contributed by atoms with E-state index in [1.54, 1.807) is 14.2 Å². The van der Waals surface area contributed by atoms with Crippen LogP contribution in [0.25, 0.3) is 5.57 Å². The Kier molecular flexibility index (Phi) is 4.88. The summed E-state index contributed by atoms with van der Waals surface area (Å²) < 4.78 is 10.5. The minimum Gasteiger partial charge on any atom is -0.493 e. The first kappa shape index (κ1) is 15.0. The van der Waals surface area contributed by atoms with Gasteiger partial charge in [0, 0.05) is 18.3 Å². The Morgan fingerprint density at radius 3 is 2.24 bits per heavy atom. The molecule has 2 rings (SSSR count). The van der Waals surface area contributed by atoms with E-state index in [0.717, 1.165) is 29.3 Å². The molecule has 0 saturated heterocycles. The highest BCUT2D eigenvalue weighted by molar-refractivity contribution is 5.61. The van der Waals surface area contributed by atoms with Gasteiger partial charge in [-0.15, -0.1) is 0 Å². The highest BCUT2D eigenvalue weighted by Gasteiger charge is 2.04. The van der Waals surface area contributed by atoms with Crippen LogP contribution in [-0.2, 0) is 6.54 Å². The molecule has 2 aromatic carbocycles. The lowest BCUT2D eigenvalue weighted by Crippen LogP contribution is -2.00. The first-order valence-electron chi connectivity index (χ1n) is 6.84. The van der Waals surface area contributed by atoms with E-state index in [0.29, 0.717) is 0 Å². The van der Waals surface area contributed by atoms with E-state index in [9.17, 15) is 0 Å². The molecule has 2 aromatic rings. The van der Waals surface area contributed by atoms with Crippen molar-refractivity contribution in [3.8, 4) is 11.5 Å². The van der Waals surface area contributed by atoms with Crippen molar-refractivity contribution in [2.75, 3.05) is 19.5 Å². The van der Waals surface area contributed by atoms with Crippen LogP contribution < -0.4 is 14.8 Å². The van der Waals surface area contributed by atoms with Gasteiger partial charge in [-0.2, -0.15) is 0 Å². The zero-order chi connectivity index (χ0) is 15.2. The molecule has 0 spiro atoms. The molecule has 0 unspecified atom stereocenters. The van der Waals surface area contributed by atoms with Crippen molar-refractivity contribution in [2.45, 2.75) is 13.5 Å². The van der Waals surface area contributed by atoms with E-state index in [-0.39, 0.29) is 0 Å². The van der Waals surface area contributed by atoms with Gasteiger partial charge in [-0.1, -0.05) is 36.4 Å².